The van der Waals surface area contributed by atoms with Crippen LogP contribution in [0.3, 0.4) is 0 Å². The zero-order valence-electron chi connectivity index (χ0n) is 12.4. The average molecular weight is 285 g/mol. The minimum atomic E-state index is -0.476. The first-order valence-corrected chi connectivity index (χ1v) is 7.55. The van der Waals surface area contributed by atoms with Gasteiger partial charge in [-0.2, -0.15) is 0 Å². The number of methoxy groups -OCH3 is 1. The standard InChI is InChI=1S/C17H19NO3/c1-18-15(19)14-6-4-11-9-17(14,16(18)20)8-10-3-5-12(21-2)7-13(10)11/h3,5,7,11,14H,4,6,8-9H2,1-2H3/t11?,14-,17-/m0/s1. The van der Waals surface area contributed by atoms with E-state index in [1.165, 1.54) is 16.0 Å². The number of carbonyl (C=O) groups is 2. The molecule has 1 spiro atoms. The monoisotopic (exact) mass is 285 g/mol. The van der Waals surface area contributed by atoms with Crippen molar-refractivity contribution in [2.45, 2.75) is 31.6 Å². The van der Waals surface area contributed by atoms with E-state index in [2.05, 4.69) is 12.1 Å². The van der Waals surface area contributed by atoms with Gasteiger partial charge in [0.1, 0.15) is 5.75 Å². The van der Waals surface area contributed by atoms with Crippen LogP contribution in [0, 0.1) is 11.3 Å². The highest BCUT2D eigenvalue weighted by Crippen LogP contribution is 2.58. The lowest BCUT2D eigenvalue weighted by molar-refractivity contribution is -0.140. The second-order valence-electron chi connectivity index (χ2n) is 6.63. The van der Waals surface area contributed by atoms with E-state index in [-0.39, 0.29) is 17.7 Å². The number of carbonyl (C=O) groups excluding carboxylic acids is 2. The molecule has 1 saturated heterocycles. The van der Waals surface area contributed by atoms with Crippen molar-refractivity contribution in [1.29, 1.82) is 0 Å². The molecule has 4 rings (SSSR count). The number of fused-ring (bicyclic) bond motifs is 3. The summed E-state index contributed by atoms with van der Waals surface area (Å²) in [5.41, 5.74) is 2.05. The van der Waals surface area contributed by atoms with Gasteiger partial charge in [0.15, 0.2) is 0 Å². The Balaban J connectivity index is 1.83. The molecule has 0 aromatic heterocycles. The Morgan fingerprint density at radius 2 is 2.10 bits per heavy atom. The first-order valence-electron chi connectivity index (χ1n) is 7.55. The van der Waals surface area contributed by atoms with Crippen molar-refractivity contribution in [3.63, 3.8) is 0 Å². The molecule has 21 heavy (non-hydrogen) atoms. The molecule has 2 fully saturated rings. The lowest BCUT2D eigenvalue weighted by Gasteiger charge is -2.44. The van der Waals surface area contributed by atoms with Crippen LogP contribution in [0.4, 0.5) is 0 Å². The Morgan fingerprint density at radius 3 is 2.86 bits per heavy atom. The van der Waals surface area contributed by atoms with Crippen LogP contribution in [0.1, 0.15) is 36.3 Å². The van der Waals surface area contributed by atoms with Crippen molar-refractivity contribution in [1.82, 2.24) is 4.90 Å². The van der Waals surface area contributed by atoms with E-state index >= 15 is 0 Å². The molecule has 1 aromatic rings. The number of rotatable bonds is 1. The third-order valence-corrected chi connectivity index (χ3v) is 5.74. The molecule has 4 heteroatoms. The van der Waals surface area contributed by atoms with Crippen molar-refractivity contribution >= 4 is 11.8 Å². The zero-order chi connectivity index (χ0) is 14.8. The van der Waals surface area contributed by atoms with Crippen LogP contribution < -0.4 is 4.74 Å². The molecule has 1 aromatic carbocycles. The Labute approximate surface area is 124 Å². The van der Waals surface area contributed by atoms with E-state index in [1.807, 2.05) is 6.07 Å². The van der Waals surface area contributed by atoms with E-state index < -0.39 is 5.41 Å². The molecule has 1 unspecified atom stereocenters. The fourth-order valence-electron chi connectivity index (χ4n) is 4.71. The second kappa shape index (κ2) is 4.09. The van der Waals surface area contributed by atoms with E-state index in [4.69, 9.17) is 4.74 Å². The molecule has 3 aliphatic rings. The lowest BCUT2D eigenvalue weighted by Crippen LogP contribution is -2.44. The van der Waals surface area contributed by atoms with Crippen LogP contribution in [0.5, 0.6) is 5.75 Å². The fraction of sp³-hybridized carbons (Fsp3) is 0.529. The first kappa shape index (κ1) is 12.9. The maximum atomic E-state index is 12.7. The molecule has 1 heterocycles. The van der Waals surface area contributed by atoms with Crippen molar-refractivity contribution < 1.29 is 14.3 Å². The van der Waals surface area contributed by atoms with Crippen LogP contribution in [0.25, 0.3) is 0 Å². The summed E-state index contributed by atoms with van der Waals surface area (Å²) in [5, 5.41) is 0. The topological polar surface area (TPSA) is 46.6 Å². The summed E-state index contributed by atoms with van der Waals surface area (Å²) in [7, 11) is 3.31. The number of hydrogen-bond donors (Lipinski definition) is 0. The predicted octanol–water partition coefficient (Wildman–Crippen LogP) is 2.12. The van der Waals surface area contributed by atoms with Gasteiger partial charge in [0.2, 0.25) is 11.8 Å². The third-order valence-electron chi connectivity index (χ3n) is 5.74. The van der Waals surface area contributed by atoms with E-state index in [9.17, 15) is 9.59 Å². The third kappa shape index (κ3) is 1.50. The van der Waals surface area contributed by atoms with Crippen LogP contribution in [-0.4, -0.2) is 30.9 Å². The Morgan fingerprint density at radius 1 is 1.29 bits per heavy atom. The maximum absolute atomic E-state index is 12.7. The molecular weight excluding hydrogens is 266 g/mol. The van der Waals surface area contributed by atoms with Crippen LogP contribution in [0.15, 0.2) is 18.2 Å². The molecular formula is C17H19NO3. The quantitative estimate of drug-likeness (QED) is 0.743. The highest BCUT2D eigenvalue weighted by Gasteiger charge is 2.61. The van der Waals surface area contributed by atoms with Gasteiger partial charge in [-0.3, -0.25) is 14.5 Å². The van der Waals surface area contributed by atoms with E-state index in [0.717, 1.165) is 25.0 Å². The summed E-state index contributed by atoms with van der Waals surface area (Å²) in [6.45, 7) is 0. The highest BCUT2D eigenvalue weighted by atomic mass is 16.5. The number of nitrogens with zero attached hydrogens (tertiary/aromatic N) is 1. The maximum Gasteiger partial charge on any atom is 0.236 e. The number of amides is 2. The average Bonchev–Trinajstić information content (AvgIpc) is 2.68. The molecule has 0 N–H and O–H groups in total. The summed E-state index contributed by atoms with van der Waals surface area (Å²) in [4.78, 5) is 26.4. The summed E-state index contributed by atoms with van der Waals surface area (Å²) >= 11 is 0. The highest BCUT2D eigenvalue weighted by molar-refractivity contribution is 6.07. The minimum absolute atomic E-state index is 0.0235. The lowest BCUT2D eigenvalue weighted by atomic mass is 9.56. The predicted molar refractivity (Wildman–Crippen MR) is 77.0 cm³/mol. The van der Waals surface area contributed by atoms with Crippen molar-refractivity contribution in [2.75, 3.05) is 14.2 Å². The van der Waals surface area contributed by atoms with E-state index in [1.54, 1.807) is 14.2 Å². The number of ether oxygens (including phenoxy) is 1. The van der Waals surface area contributed by atoms with Gasteiger partial charge in [-0.15, -0.1) is 0 Å². The van der Waals surface area contributed by atoms with Crippen LogP contribution in [0.2, 0.25) is 0 Å². The summed E-state index contributed by atoms with van der Waals surface area (Å²) < 4.78 is 5.33. The molecule has 3 atom stereocenters. The fourth-order valence-corrected chi connectivity index (χ4v) is 4.71. The van der Waals surface area contributed by atoms with E-state index in [0.29, 0.717) is 12.3 Å². The van der Waals surface area contributed by atoms with Gasteiger partial charge >= 0.3 is 0 Å². The molecule has 2 aliphatic carbocycles. The SMILES string of the molecule is COc1ccc2c(c1)C1CC[C@H]3C(=O)N(C)C(=O)[C@@]3(C2)C1. The van der Waals surface area contributed by atoms with Gasteiger partial charge in [-0.05, 0) is 54.9 Å². The number of imide groups is 1. The van der Waals surface area contributed by atoms with Gasteiger partial charge < -0.3 is 4.74 Å². The smallest absolute Gasteiger partial charge is 0.236 e. The summed E-state index contributed by atoms with van der Waals surface area (Å²) in [5.74, 6) is 1.20. The number of benzene rings is 1. The van der Waals surface area contributed by atoms with Crippen LogP contribution >= 0.6 is 0 Å². The molecule has 2 amide bonds. The van der Waals surface area contributed by atoms with Gasteiger partial charge in [0.25, 0.3) is 0 Å². The minimum Gasteiger partial charge on any atom is -0.497 e. The van der Waals surface area contributed by atoms with Crippen molar-refractivity contribution in [2.24, 2.45) is 11.3 Å². The zero-order valence-corrected chi connectivity index (χ0v) is 12.4. The van der Waals surface area contributed by atoms with Gasteiger partial charge in [-0.25, -0.2) is 0 Å². The largest absolute Gasteiger partial charge is 0.497 e. The van der Waals surface area contributed by atoms with Gasteiger partial charge in [0.05, 0.1) is 18.4 Å². The molecule has 1 aliphatic heterocycles. The Hall–Kier alpha value is -1.84. The normalized spacial score (nSPS) is 33.7. The molecule has 1 saturated carbocycles. The van der Waals surface area contributed by atoms with Gasteiger partial charge in [0, 0.05) is 7.05 Å². The molecule has 2 bridgehead atoms. The first-order chi connectivity index (χ1) is 10.1. The summed E-state index contributed by atoms with van der Waals surface area (Å²) in [6, 6.07) is 6.13. The van der Waals surface area contributed by atoms with Crippen molar-refractivity contribution in [3.05, 3.63) is 29.3 Å². The molecule has 110 valence electrons. The Kier molecular flexibility index (Phi) is 2.51. The molecule has 4 nitrogen and oxygen atoms in total. The summed E-state index contributed by atoms with van der Waals surface area (Å²) in [6.07, 6.45) is 3.32. The van der Waals surface area contributed by atoms with Crippen LogP contribution in [-0.2, 0) is 16.0 Å². The molecule has 0 radical (unpaired) electrons. The van der Waals surface area contributed by atoms with Crippen molar-refractivity contribution in [3.8, 4) is 5.75 Å². The number of hydrogen-bond acceptors (Lipinski definition) is 3. The van der Waals surface area contributed by atoms with Gasteiger partial charge in [-0.1, -0.05) is 6.07 Å². The second-order valence-corrected chi connectivity index (χ2v) is 6.63. The number of likely N-dealkylation sites (tertiary alicyclic amines) is 1. The Bertz CT molecular complexity index is 653.